The number of nitro benzene ring substituents is 1. The van der Waals surface area contributed by atoms with Crippen molar-refractivity contribution in [1.82, 2.24) is 0 Å². The van der Waals surface area contributed by atoms with Crippen LogP contribution in [0.2, 0.25) is 0 Å². The number of carbonyl (C=O) groups is 1. The molecule has 0 saturated heterocycles. The Kier molecular flexibility index (Phi) is 5.11. The molecule has 0 aliphatic rings. The van der Waals surface area contributed by atoms with Crippen molar-refractivity contribution in [3.05, 3.63) is 62.6 Å². The molecule has 0 bridgehead atoms. The number of amides is 1. The highest BCUT2D eigenvalue weighted by Gasteiger charge is 2.11. The summed E-state index contributed by atoms with van der Waals surface area (Å²) in [6, 6.07) is 11.4. The molecule has 0 spiro atoms. The maximum absolute atomic E-state index is 11.9. The zero-order valence-corrected chi connectivity index (χ0v) is 13.3. The van der Waals surface area contributed by atoms with Crippen molar-refractivity contribution < 1.29 is 14.5 Å². The molecule has 0 atom stereocenters. The number of rotatable bonds is 5. The predicted molar refractivity (Wildman–Crippen MR) is 86.1 cm³/mol. The predicted octanol–water partition coefficient (Wildman–Crippen LogP) is 3.68. The van der Waals surface area contributed by atoms with E-state index in [1.807, 2.05) is 6.07 Å². The number of non-ortho nitro benzene ring substituents is 1. The summed E-state index contributed by atoms with van der Waals surface area (Å²) in [5.41, 5.74) is 1.06. The molecule has 0 aromatic heterocycles. The number of benzene rings is 2. The average molecular weight is 365 g/mol. The molecule has 7 heteroatoms. The summed E-state index contributed by atoms with van der Waals surface area (Å²) in [7, 11) is 0. The number of ether oxygens (including phenoxy) is 1. The number of nitro groups is 1. The Morgan fingerprint density at radius 1 is 1.32 bits per heavy atom. The Labute approximate surface area is 135 Å². The van der Waals surface area contributed by atoms with Gasteiger partial charge in [0.2, 0.25) is 0 Å². The third-order valence-corrected chi connectivity index (χ3v) is 3.37. The molecule has 1 N–H and O–H groups in total. The van der Waals surface area contributed by atoms with Gasteiger partial charge in [-0.05, 0) is 30.7 Å². The van der Waals surface area contributed by atoms with E-state index in [-0.39, 0.29) is 18.2 Å². The Morgan fingerprint density at radius 3 is 2.77 bits per heavy atom. The smallest absolute Gasteiger partial charge is 0.271 e. The van der Waals surface area contributed by atoms with E-state index in [2.05, 4.69) is 21.2 Å². The second-order valence-electron chi connectivity index (χ2n) is 4.55. The van der Waals surface area contributed by atoms with Crippen LogP contribution in [0.1, 0.15) is 5.56 Å². The van der Waals surface area contributed by atoms with Gasteiger partial charge in [-0.2, -0.15) is 0 Å². The number of aryl methyl sites for hydroxylation is 1. The Balaban J connectivity index is 2.00. The van der Waals surface area contributed by atoms with Gasteiger partial charge >= 0.3 is 0 Å². The molecule has 22 heavy (non-hydrogen) atoms. The molecule has 6 nitrogen and oxygen atoms in total. The van der Waals surface area contributed by atoms with E-state index in [0.29, 0.717) is 11.4 Å². The first-order chi connectivity index (χ1) is 10.5. The minimum absolute atomic E-state index is 0.0752. The van der Waals surface area contributed by atoms with Gasteiger partial charge in [0.25, 0.3) is 11.6 Å². The van der Waals surface area contributed by atoms with E-state index in [1.54, 1.807) is 31.2 Å². The molecule has 0 fully saturated rings. The topological polar surface area (TPSA) is 81.5 Å². The molecule has 2 aromatic rings. The first kappa shape index (κ1) is 16.0. The van der Waals surface area contributed by atoms with E-state index in [9.17, 15) is 14.9 Å². The quantitative estimate of drug-likeness (QED) is 0.647. The number of anilines is 1. The monoisotopic (exact) mass is 364 g/mol. The van der Waals surface area contributed by atoms with Crippen LogP contribution in [0.3, 0.4) is 0 Å². The van der Waals surface area contributed by atoms with Gasteiger partial charge in [-0.1, -0.05) is 28.1 Å². The van der Waals surface area contributed by atoms with E-state index in [1.165, 1.54) is 12.1 Å². The van der Waals surface area contributed by atoms with Crippen LogP contribution in [0.15, 0.2) is 46.9 Å². The van der Waals surface area contributed by atoms with E-state index < -0.39 is 4.92 Å². The second-order valence-corrected chi connectivity index (χ2v) is 5.47. The second kappa shape index (κ2) is 7.04. The van der Waals surface area contributed by atoms with Crippen LogP contribution in [0, 0.1) is 17.0 Å². The van der Waals surface area contributed by atoms with E-state index in [0.717, 1.165) is 10.0 Å². The summed E-state index contributed by atoms with van der Waals surface area (Å²) in [5.74, 6) is 0.170. The van der Waals surface area contributed by atoms with Crippen LogP contribution in [0.25, 0.3) is 0 Å². The Bertz CT molecular complexity index is 718. The Hall–Kier alpha value is -2.41. The fourth-order valence-electron chi connectivity index (χ4n) is 1.75. The van der Waals surface area contributed by atoms with Crippen molar-refractivity contribution in [1.29, 1.82) is 0 Å². The fourth-order valence-corrected chi connectivity index (χ4v) is 2.13. The zero-order chi connectivity index (χ0) is 16.1. The number of nitrogens with zero attached hydrogens (tertiary/aromatic N) is 1. The summed E-state index contributed by atoms with van der Waals surface area (Å²) in [4.78, 5) is 22.1. The van der Waals surface area contributed by atoms with Gasteiger partial charge in [0.05, 0.1) is 10.6 Å². The lowest BCUT2D eigenvalue weighted by atomic mass is 10.2. The minimum atomic E-state index is -0.507. The highest BCUT2D eigenvalue weighted by molar-refractivity contribution is 9.10. The maximum Gasteiger partial charge on any atom is 0.271 e. The number of carbonyl (C=O) groups excluding carboxylic acids is 1. The van der Waals surface area contributed by atoms with Gasteiger partial charge in [0.1, 0.15) is 5.75 Å². The van der Waals surface area contributed by atoms with Crippen LogP contribution < -0.4 is 10.1 Å². The van der Waals surface area contributed by atoms with Crippen molar-refractivity contribution in [2.75, 3.05) is 11.9 Å². The molecule has 0 heterocycles. The van der Waals surface area contributed by atoms with Crippen LogP contribution in [0.5, 0.6) is 5.75 Å². The van der Waals surface area contributed by atoms with E-state index in [4.69, 9.17) is 4.74 Å². The third-order valence-electron chi connectivity index (χ3n) is 2.87. The minimum Gasteiger partial charge on any atom is -0.484 e. The van der Waals surface area contributed by atoms with E-state index >= 15 is 0 Å². The largest absolute Gasteiger partial charge is 0.484 e. The summed E-state index contributed by atoms with van der Waals surface area (Å²) < 4.78 is 6.21. The normalized spacial score (nSPS) is 10.1. The lowest BCUT2D eigenvalue weighted by Crippen LogP contribution is -2.20. The number of hydrogen-bond acceptors (Lipinski definition) is 4. The lowest BCUT2D eigenvalue weighted by Gasteiger charge is -2.09. The zero-order valence-electron chi connectivity index (χ0n) is 11.7. The maximum atomic E-state index is 11.9. The molecule has 0 aliphatic heterocycles. The van der Waals surface area contributed by atoms with Gasteiger partial charge in [0, 0.05) is 16.6 Å². The summed E-state index contributed by atoms with van der Waals surface area (Å²) >= 11 is 3.31. The Morgan fingerprint density at radius 2 is 2.09 bits per heavy atom. The van der Waals surface area contributed by atoms with Crippen molar-refractivity contribution in [2.24, 2.45) is 0 Å². The average Bonchev–Trinajstić information content (AvgIpc) is 2.47. The standard InChI is InChI=1S/C15H13BrN2O4/c1-10-5-6-12(18(20)21)8-14(10)17-15(19)9-22-13-4-2-3-11(16)7-13/h2-8H,9H2,1H3,(H,17,19). The molecule has 2 rings (SSSR count). The third kappa shape index (κ3) is 4.29. The highest BCUT2D eigenvalue weighted by Crippen LogP contribution is 2.22. The molecule has 0 unspecified atom stereocenters. The SMILES string of the molecule is Cc1ccc([N+](=O)[O-])cc1NC(=O)COc1cccc(Br)c1. The summed E-state index contributed by atoms with van der Waals surface area (Å²) in [6.07, 6.45) is 0. The van der Waals surface area contributed by atoms with Crippen LogP contribution in [-0.4, -0.2) is 17.4 Å². The molecule has 1 amide bonds. The molecule has 114 valence electrons. The van der Waals surface area contributed by atoms with Crippen LogP contribution in [-0.2, 0) is 4.79 Å². The molecule has 0 radical (unpaired) electrons. The lowest BCUT2D eigenvalue weighted by molar-refractivity contribution is -0.384. The van der Waals surface area contributed by atoms with Crippen molar-refractivity contribution in [3.8, 4) is 5.75 Å². The van der Waals surface area contributed by atoms with Crippen molar-refractivity contribution in [2.45, 2.75) is 6.92 Å². The summed E-state index contributed by atoms with van der Waals surface area (Å²) in [6.45, 7) is 1.58. The molecule has 0 aliphatic carbocycles. The van der Waals surface area contributed by atoms with Gasteiger partial charge < -0.3 is 10.1 Å². The van der Waals surface area contributed by atoms with Gasteiger partial charge in [0.15, 0.2) is 6.61 Å². The molecular formula is C15H13BrN2O4. The molecule has 2 aromatic carbocycles. The van der Waals surface area contributed by atoms with Crippen LogP contribution in [0.4, 0.5) is 11.4 Å². The van der Waals surface area contributed by atoms with Crippen LogP contribution >= 0.6 is 15.9 Å². The van der Waals surface area contributed by atoms with Gasteiger partial charge in [-0.3, -0.25) is 14.9 Å². The first-order valence-corrected chi connectivity index (χ1v) is 7.18. The highest BCUT2D eigenvalue weighted by atomic mass is 79.9. The number of hydrogen-bond donors (Lipinski definition) is 1. The van der Waals surface area contributed by atoms with Crippen molar-refractivity contribution in [3.63, 3.8) is 0 Å². The summed E-state index contributed by atoms with van der Waals surface area (Å²) in [5, 5.41) is 13.4. The van der Waals surface area contributed by atoms with Gasteiger partial charge in [-0.15, -0.1) is 0 Å². The fraction of sp³-hybridized carbons (Fsp3) is 0.133. The number of nitrogens with one attached hydrogen (secondary N) is 1. The first-order valence-electron chi connectivity index (χ1n) is 6.39. The molecule has 0 saturated carbocycles. The van der Waals surface area contributed by atoms with Gasteiger partial charge in [-0.25, -0.2) is 0 Å². The number of halogens is 1. The van der Waals surface area contributed by atoms with Crippen molar-refractivity contribution >= 4 is 33.2 Å². The molecular weight excluding hydrogens is 352 g/mol.